The number of nitrogens with one attached hydrogen (secondary N) is 4. The zero-order chi connectivity index (χ0) is 30.3. The summed E-state index contributed by atoms with van der Waals surface area (Å²) in [5, 5.41) is 34.3. The van der Waals surface area contributed by atoms with Crippen LogP contribution in [-0.4, -0.2) is 128 Å². The van der Waals surface area contributed by atoms with Crippen molar-refractivity contribution in [3.05, 3.63) is 0 Å². The number of carbonyl (C=O) groups excluding carboxylic acids is 2. The lowest BCUT2D eigenvalue weighted by Gasteiger charge is -2.44. The summed E-state index contributed by atoms with van der Waals surface area (Å²) >= 11 is 0. The predicted molar refractivity (Wildman–Crippen MR) is 165 cm³/mol. The standard InChI is InChI=1S/C32H58N6O5/c1-21(33-2)29(40)20-43-28-6-5-25-18-37(12-8-23(25)15-28)19-27(39)17-35-31(41)24-7-11-34-30(16-24)36-26-9-13-38(14-10-26)32(42)22-3-4-22/h21-30,33-34,36,39-40H,3-20H2,1-2H3,(H,35,41)/t21?,23?,24?,25?,27-,28?,29?,30?/m0/s1. The lowest BCUT2D eigenvalue weighted by Crippen LogP contribution is -2.56. The van der Waals surface area contributed by atoms with Crippen LogP contribution in [0.4, 0.5) is 0 Å². The third kappa shape index (κ3) is 9.58. The third-order valence-electron chi connectivity index (χ3n) is 10.9. The summed E-state index contributed by atoms with van der Waals surface area (Å²) in [5.74, 6) is 1.89. The fraction of sp³-hybridized carbons (Fsp3) is 0.938. The molecule has 11 nitrogen and oxygen atoms in total. The van der Waals surface area contributed by atoms with E-state index >= 15 is 0 Å². The number of aliphatic hydroxyl groups excluding tert-OH is 2. The Labute approximate surface area is 258 Å². The quantitative estimate of drug-likeness (QED) is 0.174. The molecule has 2 aliphatic carbocycles. The van der Waals surface area contributed by atoms with Gasteiger partial charge in [-0.15, -0.1) is 0 Å². The molecule has 0 spiro atoms. The first-order chi connectivity index (χ1) is 20.8. The van der Waals surface area contributed by atoms with Gasteiger partial charge in [-0.05, 0) is 103 Å². The zero-order valence-electron chi connectivity index (χ0n) is 26.5. The zero-order valence-corrected chi connectivity index (χ0v) is 26.5. The third-order valence-corrected chi connectivity index (χ3v) is 10.9. The molecule has 5 fully saturated rings. The highest BCUT2D eigenvalue weighted by Crippen LogP contribution is 2.37. The molecule has 0 bridgehead atoms. The van der Waals surface area contributed by atoms with E-state index in [0.29, 0.717) is 49.4 Å². The van der Waals surface area contributed by atoms with Gasteiger partial charge in [0.15, 0.2) is 0 Å². The number of carbonyl (C=O) groups is 2. The SMILES string of the molecule is CNC(C)C(O)COC1CCC2CN(C[C@@H](O)CNC(=O)C3CCNC(NC4CCN(C(=O)C5CC5)CC4)C3)CCC2C1. The van der Waals surface area contributed by atoms with Crippen LogP contribution in [0.15, 0.2) is 0 Å². The Morgan fingerprint density at radius 1 is 0.953 bits per heavy atom. The molecule has 2 amide bonds. The Bertz CT molecular complexity index is 899. The van der Waals surface area contributed by atoms with Crippen LogP contribution in [0.3, 0.4) is 0 Å². The molecule has 8 atom stereocenters. The second-order valence-corrected chi connectivity index (χ2v) is 14.1. The molecule has 0 aromatic rings. The summed E-state index contributed by atoms with van der Waals surface area (Å²) in [6.07, 6.45) is 9.20. The van der Waals surface area contributed by atoms with E-state index in [1.165, 1.54) is 0 Å². The van der Waals surface area contributed by atoms with Crippen molar-refractivity contribution >= 4 is 11.8 Å². The minimum Gasteiger partial charge on any atom is -0.390 e. The van der Waals surface area contributed by atoms with Gasteiger partial charge in [-0.2, -0.15) is 0 Å². The number of ether oxygens (including phenoxy) is 1. The molecular formula is C32H58N6O5. The highest BCUT2D eigenvalue weighted by Gasteiger charge is 2.37. The van der Waals surface area contributed by atoms with Crippen molar-refractivity contribution in [2.75, 3.05) is 59.5 Å². The maximum atomic E-state index is 13.0. The number of likely N-dealkylation sites (tertiary alicyclic amines) is 2. The maximum absolute atomic E-state index is 13.0. The van der Waals surface area contributed by atoms with E-state index in [-0.39, 0.29) is 30.1 Å². The summed E-state index contributed by atoms with van der Waals surface area (Å²) < 4.78 is 6.07. The molecule has 3 heterocycles. The maximum Gasteiger partial charge on any atom is 0.225 e. The highest BCUT2D eigenvalue weighted by atomic mass is 16.5. The predicted octanol–water partition coefficient (Wildman–Crippen LogP) is 0.256. The van der Waals surface area contributed by atoms with Crippen LogP contribution in [0.2, 0.25) is 0 Å². The van der Waals surface area contributed by atoms with Gasteiger partial charge in [-0.3, -0.25) is 14.9 Å². The Kier molecular flexibility index (Phi) is 12.1. The van der Waals surface area contributed by atoms with Gasteiger partial charge < -0.3 is 40.7 Å². The first-order valence-electron chi connectivity index (χ1n) is 17.2. The van der Waals surface area contributed by atoms with Crippen molar-refractivity contribution in [3.8, 4) is 0 Å². The average Bonchev–Trinajstić information content (AvgIpc) is 3.88. The molecule has 5 rings (SSSR count). The van der Waals surface area contributed by atoms with E-state index in [4.69, 9.17) is 4.74 Å². The smallest absolute Gasteiger partial charge is 0.225 e. The number of hydrogen-bond donors (Lipinski definition) is 6. The van der Waals surface area contributed by atoms with Crippen molar-refractivity contribution in [2.24, 2.45) is 23.7 Å². The van der Waals surface area contributed by atoms with Crippen LogP contribution in [0.1, 0.15) is 71.1 Å². The normalized spacial score (nSPS) is 32.9. The van der Waals surface area contributed by atoms with Crippen molar-refractivity contribution in [1.82, 2.24) is 31.1 Å². The van der Waals surface area contributed by atoms with E-state index in [1.807, 2.05) is 18.9 Å². The van der Waals surface area contributed by atoms with Crippen molar-refractivity contribution in [1.29, 1.82) is 0 Å². The summed E-state index contributed by atoms with van der Waals surface area (Å²) in [6, 6.07) is 0.393. The molecule has 11 heteroatoms. The molecule has 3 aliphatic heterocycles. The van der Waals surface area contributed by atoms with Crippen LogP contribution < -0.4 is 21.3 Å². The van der Waals surface area contributed by atoms with E-state index < -0.39 is 12.2 Å². The minimum atomic E-state index is -0.574. The van der Waals surface area contributed by atoms with Gasteiger partial charge in [0.2, 0.25) is 11.8 Å². The number of fused-ring (bicyclic) bond motifs is 1. The van der Waals surface area contributed by atoms with Crippen LogP contribution in [0.5, 0.6) is 0 Å². The van der Waals surface area contributed by atoms with Gasteiger partial charge in [-0.25, -0.2) is 0 Å². The van der Waals surface area contributed by atoms with Crippen LogP contribution in [0, 0.1) is 23.7 Å². The summed E-state index contributed by atoms with van der Waals surface area (Å²) in [6.45, 7) is 7.66. The topological polar surface area (TPSA) is 138 Å². The average molecular weight is 607 g/mol. The molecule has 5 aliphatic rings. The number of aliphatic hydroxyl groups is 2. The lowest BCUT2D eigenvalue weighted by atomic mass is 9.74. The van der Waals surface area contributed by atoms with Crippen LogP contribution in [-0.2, 0) is 14.3 Å². The fourth-order valence-electron chi connectivity index (χ4n) is 7.68. The van der Waals surface area contributed by atoms with Gasteiger partial charge in [0.1, 0.15) is 0 Å². The second-order valence-electron chi connectivity index (χ2n) is 14.1. The highest BCUT2D eigenvalue weighted by molar-refractivity contribution is 5.81. The molecule has 7 unspecified atom stereocenters. The molecule has 0 aromatic carbocycles. The molecular weight excluding hydrogens is 548 g/mol. The molecule has 0 aromatic heterocycles. The van der Waals surface area contributed by atoms with E-state index in [2.05, 4.69) is 26.2 Å². The Morgan fingerprint density at radius 3 is 2.49 bits per heavy atom. The van der Waals surface area contributed by atoms with Crippen LogP contribution >= 0.6 is 0 Å². The van der Waals surface area contributed by atoms with Crippen LogP contribution in [0.25, 0.3) is 0 Å². The van der Waals surface area contributed by atoms with E-state index in [1.54, 1.807) is 0 Å². The van der Waals surface area contributed by atoms with E-state index in [9.17, 15) is 19.8 Å². The molecule has 246 valence electrons. The molecule has 6 N–H and O–H groups in total. The first-order valence-corrected chi connectivity index (χ1v) is 17.2. The monoisotopic (exact) mass is 606 g/mol. The largest absolute Gasteiger partial charge is 0.390 e. The Morgan fingerprint density at radius 2 is 1.74 bits per heavy atom. The number of hydrogen-bond acceptors (Lipinski definition) is 9. The number of likely N-dealkylation sites (N-methyl/N-ethyl adjacent to an activating group) is 1. The van der Waals surface area contributed by atoms with Gasteiger partial charge in [0.05, 0.1) is 31.1 Å². The Balaban J connectivity index is 0.951. The molecule has 2 saturated carbocycles. The summed E-state index contributed by atoms with van der Waals surface area (Å²) in [7, 11) is 1.85. The second kappa shape index (κ2) is 15.8. The molecule has 3 saturated heterocycles. The van der Waals surface area contributed by atoms with Gasteiger partial charge in [-0.1, -0.05) is 0 Å². The van der Waals surface area contributed by atoms with Gasteiger partial charge in [0.25, 0.3) is 0 Å². The van der Waals surface area contributed by atoms with Crippen molar-refractivity contribution in [3.63, 3.8) is 0 Å². The van der Waals surface area contributed by atoms with Crippen molar-refractivity contribution in [2.45, 2.75) is 108 Å². The number of piperidine rings is 3. The number of rotatable bonds is 13. The first kappa shape index (κ1) is 33.0. The van der Waals surface area contributed by atoms with Gasteiger partial charge >= 0.3 is 0 Å². The number of nitrogens with zero attached hydrogens (tertiary/aromatic N) is 2. The Hall–Kier alpha value is -1.34. The lowest BCUT2D eigenvalue weighted by molar-refractivity contribution is -0.133. The van der Waals surface area contributed by atoms with Crippen molar-refractivity contribution < 1.29 is 24.5 Å². The molecule has 0 radical (unpaired) electrons. The fourth-order valence-corrected chi connectivity index (χ4v) is 7.68. The summed E-state index contributed by atoms with van der Waals surface area (Å²) in [4.78, 5) is 29.8. The number of amides is 2. The minimum absolute atomic E-state index is 0.0219. The number of β-amino-alcohol motifs (C(OH)–C–C–N with tert-alkyl or cyclic N) is 1. The summed E-state index contributed by atoms with van der Waals surface area (Å²) in [5.41, 5.74) is 0. The van der Waals surface area contributed by atoms with E-state index in [0.717, 1.165) is 96.9 Å². The van der Waals surface area contributed by atoms with Gasteiger partial charge in [0, 0.05) is 56.6 Å². The molecule has 43 heavy (non-hydrogen) atoms.